The lowest BCUT2D eigenvalue weighted by molar-refractivity contribution is -0.00219. The molecule has 1 aliphatic carbocycles. The highest BCUT2D eigenvalue weighted by molar-refractivity contribution is 5.95. The van der Waals surface area contributed by atoms with Crippen molar-refractivity contribution >= 4 is 11.5 Å². The minimum Gasteiger partial charge on any atom is -0.381 e. The van der Waals surface area contributed by atoms with Gasteiger partial charge in [-0.15, -0.1) is 0 Å². The molecule has 2 unspecified atom stereocenters. The van der Waals surface area contributed by atoms with E-state index in [-0.39, 0.29) is 5.78 Å². The second-order valence-electron chi connectivity index (χ2n) is 6.04. The fraction of sp³-hybridized carbons (Fsp3) is 0.529. The number of ketones is 1. The highest BCUT2D eigenvalue weighted by Crippen LogP contribution is 2.38. The number of anilines is 1. The summed E-state index contributed by atoms with van der Waals surface area (Å²) in [6, 6.07) is 7.74. The summed E-state index contributed by atoms with van der Waals surface area (Å²) in [6.45, 7) is 2.32. The predicted octanol–water partition coefficient (Wildman–Crippen LogP) is 3.13. The predicted molar refractivity (Wildman–Crippen MR) is 80.3 cm³/mol. The molecule has 4 heteroatoms. The third kappa shape index (κ3) is 3.25. The topological polar surface area (TPSA) is 62.1 Å². The summed E-state index contributed by atoms with van der Waals surface area (Å²) in [5.74, 6) is 0.749. The second kappa shape index (κ2) is 5.87. The molecule has 1 saturated carbocycles. The summed E-state index contributed by atoms with van der Waals surface area (Å²) in [6.07, 6.45) is 4.84. The van der Waals surface area contributed by atoms with Crippen LogP contribution in [0.5, 0.6) is 0 Å². The van der Waals surface area contributed by atoms with Crippen molar-refractivity contribution in [3.8, 4) is 6.07 Å². The van der Waals surface area contributed by atoms with Gasteiger partial charge in [0, 0.05) is 18.2 Å². The number of Topliss-reactive ketones (excluding diaryl/α,β-unsaturated/α-hetero) is 1. The first-order chi connectivity index (χ1) is 10.2. The Labute approximate surface area is 125 Å². The van der Waals surface area contributed by atoms with Crippen molar-refractivity contribution in [1.82, 2.24) is 0 Å². The van der Waals surface area contributed by atoms with Gasteiger partial charge in [-0.1, -0.05) is 0 Å². The van der Waals surface area contributed by atoms with Crippen LogP contribution in [0.25, 0.3) is 0 Å². The molecule has 1 heterocycles. The first kappa shape index (κ1) is 14.1. The number of rotatable bonds is 4. The molecule has 2 atom stereocenters. The van der Waals surface area contributed by atoms with Crippen LogP contribution in [0.3, 0.4) is 0 Å². The average Bonchev–Trinajstić information content (AvgIpc) is 3.32. The number of carbonyl (C=O) groups excluding carboxylic acids is 1. The van der Waals surface area contributed by atoms with Gasteiger partial charge in [-0.05, 0) is 56.7 Å². The molecular weight excluding hydrogens is 264 g/mol. The number of ether oxygens (including phenoxy) is 1. The number of hydrogen-bond donors (Lipinski definition) is 1. The van der Waals surface area contributed by atoms with Gasteiger partial charge in [-0.2, -0.15) is 5.26 Å². The van der Waals surface area contributed by atoms with Crippen LogP contribution in [-0.2, 0) is 4.74 Å². The van der Waals surface area contributed by atoms with E-state index in [2.05, 4.69) is 11.4 Å². The fourth-order valence-electron chi connectivity index (χ4n) is 2.96. The van der Waals surface area contributed by atoms with Gasteiger partial charge >= 0.3 is 0 Å². The number of carbonyl (C=O) groups is 1. The number of nitrogens with one attached hydrogen (secondary N) is 1. The summed E-state index contributed by atoms with van der Waals surface area (Å²) in [4.78, 5) is 11.5. The van der Waals surface area contributed by atoms with Crippen LogP contribution in [0.4, 0.5) is 5.69 Å². The summed E-state index contributed by atoms with van der Waals surface area (Å²) >= 11 is 0. The quantitative estimate of drug-likeness (QED) is 0.863. The van der Waals surface area contributed by atoms with E-state index in [9.17, 15) is 10.1 Å². The molecule has 0 amide bonds. The Bertz CT molecular complexity index is 587. The number of benzene rings is 1. The average molecular weight is 284 g/mol. The molecule has 4 nitrogen and oxygen atoms in total. The van der Waals surface area contributed by atoms with Crippen molar-refractivity contribution in [2.75, 3.05) is 11.9 Å². The molecule has 1 aromatic carbocycles. The molecule has 110 valence electrons. The van der Waals surface area contributed by atoms with Crippen LogP contribution in [0.15, 0.2) is 18.2 Å². The van der Waals surface area contributed by atoms with E-state index >= 15 is 0 Å². The van der Waals surface area contributed by atoms with E-state index in [0.29, 0.717) is 23.3 Å². The minimum absolute atomic E-state index is 0.0189. The Morgan fingerprint density at radius 2 is 2.19 bits per heavy atom. The van der Waals surface area contributed by atoms with Crippen LogP contribution in [0.1, 0.15) is 48.5 Å². The van der Waals surface area contributed by atoms with Gasteiger partial charge in [0.15, 0.2) is 5.78 Å². The van der Waals surface area contributed by atoms with Gasteiger partial charge in [-0.25, -0.2) is 0 Å². The molecule has 1 aromatic rings. The molecule has 1 N–H and O–H groups in total. The molecule has 1 aliphatic heterocycles. The molecule has 3 rings (SSSR count). The molecule has 2 aliphatic rings. The molecular formula is C17H20N2O2. The van der Waals surface area contributed by atoms with Gasteiger partial charge in [0.1, 0.15) is 6.07 Å². The largest absolute Gasteiger partial charge is 0.381 e. The molecule has 0 radical (unpaired) electrons. The molecule has 0 bridgehead atoms. The van der Waals surface area contributed by atoms with Gasteiger partial charge in [-0.3, -0.25) is 4.79 Å². The van der Waals surface area contributed by atoms with Crippen molar-refractivity contribution in [1.29, 1.82) is 5.26 Å². The zero-order valence-electron chi connectivity index (χ0n) is 12.3. The highest BCUT2D eigenvalue weighted by Gasteiger charge is 2.35. The lowest BCUT2D eigenvalue weighted by Gasteiger charge is -2.31. The van der Waals surface area contributed by atoms with Crippen molar-refractivity contribution in [3.63, 3.8) is 0 Å². The van der Waals surface area contributed by atoms with E-state index in [4.69, 9.17) is 4.74 Å². The molecule has 1 saturated heterocycles. The van der Waals surface area contributed by atoms with Crippen LogP contribution in [0.2, 0.25) is 0 Å². The standard InChI is InChI=1S/C17H20N2O2/c1-11(20)13-4-5-14(10-18)16(8-13)19-15-6-7-21-17(9-15)12-2-3-12/h4-5,8,12,15,17,19H,2-3,6-7,9H2,1H3. The molecule has 0 spiro atoms. The number of hydrogen-bond acceptors (Lipinski definition) is 4. The van der Waals surface area contributed by atoms with Gasteiger partial charge in [0.25, 0.3) is 0 Å². The van der Waals surface area contributed by atoms with Crippen molar-refractivity contribution in [3.05, 3.63) is 29.3 Å². The lowest BCUT2D eigenvalue weighted by atomic mass is 9.98. The molecule has 2 fully saturated rings. The lowest BCUT2D eigenvalue weighted by Crippen LogP contribution is -2.35. The molecule has 21 heavy (non-hydrogen) atoms. The summed E-state index contributed by atoms with van der Waals surface area (Å²) in [5, 5.41) is 12.7. The SMILES string of the molecule is CC(=O)c1ccc(C#N)c(NC2CCOC(C3CC3)C2)c1. The maximum atomic E-state index is 11.5. The third-order valence-corrected chi connectivity index (χ3v) is 4.37. The summed E-state index contributed by atoms with van der Waals surface area (Å²) < 4.78 is 5.83. The van der Waals surface area contributed by atoms with Gasteiger partial charge in [0.05, 0.1) is 17.4 Å². The van der Waals surface area contributed by atoms with E-state index in [1.807, 2.05) is 0 Å². The van der Waals surface area contributed by atoms with Crippen LogP contribution >= 0.6 is 0 Å². The minimum atomic E-state index is 0.0189. The monoisotopic (exact) mass is 284 g/mol. The van der Waals surface area contributed by atoms with Crippen LogP contribution < -0.4 is 5.32 Å². The number of nitrogens with zero attached hydrogens (tertiary/aromatic N) is 1. The van der Waals surface area contributed by atoms with Crippen molar-refractivity contribution < 1.29 is 9.53 Å². The maximum Gasteiger partial charge on any atom is 0.159 e. The second-order valence-corrected chi connectivity index (χ2v) is 6.04. The molecule has 0 aromatic heterocycles. The first-order valence-corrected chi connectivity index (χ1v) is 7.60. The van der Waals surface area contributed by atoms with E-state index in [1.54, 1.807) is 25.1 Å². The Morgan fingerprint density at radius 3 is 2.86 bits per heavy atom. The van der Waals surface area contributed by atoms with Gasteiger partial charge in [0.2, 0.25) is 0 Å². The Morgan fingerprint density at radius 1 is 1.38 bits per heavy atom. The smallest absolute Gasteiger partial charge is 0.159 e. The van der Waals surface area contributed by atoms with E-state index < -0.39 is 0 Å². The first-order valence-electron chi connectivity index (χ1n) is 7.60. The fourth-order valence-corrected chi connectivity index (χ4v) is 2.96. The third-order valence-electron chi connectivity index (χ3n) is 4.37. The van der Waals surface area contributed by atoms with Crippen molar-refractivity contribution in [2.24, 2.45) is 5.92 Å². The normalized spacial score (nSPS) is 25.1. The highest BCUT2D eigenvalue weighted by atomic mass is 16.5. The van der Waals surface area contributed by atoms with E-state index in [1.165, 1.54) is 12.8 Å². The zero-order valence-corrected chi connectivity index (χ0v) is 12.3. The van der Waals surface area contributed by atoms with E-state index in [0.717, 1.165) is 31.1 Å². The van der Waals surface area contributed by atoms with Crippen LogP contribution in [0, 0.1) is 17.2 Å². The zero-order chi connectivity index (χ0) is 14.8. The van der Waals surface area contributed by atoms with Crippen molar-refractivity contribution in [2.45, 2.75) is 44.8 Å². The Hall–Kier alpha value is -1.86. The summed E-state index contributed by atoms with van der Waals surface area (Å²) in [5.41, 5.74) is 2.00. The Balaban J connectivity index is 1.75. The van der Waals surface area contributed by atoms with Gasteiger partial charge < -0.3 is 10.1 Å². The maximum absolute atomic E-state index is 11.5. The summed E-state index contributed by atoms with van der Waals surface area (Å²) in [7, 11) is 0. The number of nitriles is 1. The Kier molecular flexibility index (Phi) is 3.94. The van der Waals surface area contributed by atoms with Crippen LogP contribution in [-0.4, -0.2) is 24.5 Å².